The zero-order valence-corrected chi connectivity index (χ0v) is 18.9. The second-order valence-corrected chi connectivity index (χ2v) is 8.47. The van der Waals surface area contributed by atoms with Gasteiger partial charge in [-0.3, -0.25) is 0 Å². The van der Waals surface area contributed by atoms with Gasteiger partial charge >= 0.3 is 12.1 Å². The third-order valence-corrected chi connectivity index (χ3v) is 4.84. The van der Waals surface area contributed by atoms with Crippen LogP contribution in [0.2, 0.25) is 0 Å². The summed E-state index contributed by atoms with van der Waals surface area (Å²) in [5.41, 5.74) is 2.57. The van der Waals surface area contributed by atoms with Crippen LogP contribution < -0.4 is 5.32 Å². The zero-order valence-electron chi connectivity index (χ0n) is 18.9. The molecule has 1 amide bonds. The summed E-state index contributed by atoms with van der Waals surface area (Å²) in [4.78, 5) is 27.6. The Hall–Kier alpha value is -3.35. The molecular weight excluding hydrogens is 411 g/mol. The first-order chi connectivity index (χ1) is 15.2. The molecule has 32 heavy (non-hydrogen) atoms. The topological polar surface area (TPSA) is 80.4 Å². The molecule has 3 rings (SSSR count). The number of H-pyrrole nitrogens is 1. The first-order valence-corrected chi connectivity index (χ1v) is 10.7. The number of halogens is 1. The number of alkyl carbamates (subject to hydrolysis) is 1. The van der Waals surface area contributed by atoms with Crippen molar-refractivity contribution in [2.45, 2.75) is 46.1 Å². The van der Waals surface area contributed by atoms with Crippen LogP contribution in [-0.4, -0.2) is 35.8 Å². The highest BCUT2D eigenvalue weighted by Crippen LogP contribution is 2.31. The van der Waals surface area contributed by atoms with Crippen LogP contribution in [0.25, 0.3) is 22.0 Å². The van der Waals surface area contributed by atoms with Gasteiger partial charge in [0, 0.05) is 23.0 Å². The predicted molar refractivity (Wildman–Crippen MR) is 122 cm³/mol. The largest absolute Gasteiger partial charge is 0.461 e. The van der Waals surface area contributed by atoms with E-state index in [2.05, 4.69) is 10.3 Å². The number of carbonyl (C=O) groups is 2. The number of esters is 1. The normalized spacial score (nSPS) is 11.4. The van der Waals surface area contributed by atoms with Gasteiger partial charge in [0.25, 0.3) is 0 Å². The molecule has 0 atom stereocenters. The molecule has 0 bridgehead atoms. The molecule has 3 aromatic rings. The van der Waals surface area contributed by atoms with E-state index in [1.807, 2.05) is 18.2 Å². The van der Waals surface area contributed by atoms with Gasteiger partial charge < -0.3 is 19.8 Å². The molecule has 0 spiro atoms. The Bertz CT molecular complexity index is 1110. The summed E-state index contributed by atoms with van der Waals surface area (Å²) in [7, 11) is 0. The number of ether oxygens (including phenoxy) is 2. The number of aryl methyl sites for hydroxylation is 1. The number of benzene rings is 2. The number of carbonyl (C=O) groups excluding carboxylic acids is 2. The molecule has 0 aliphatic carbocycles. The minimum atomic E-state index is -0.568. The summed E-state index contributed by atoms with van der Waals surface area (Å²) >= 11 is 0. The second kappa shape index (κ2) is 9.85. The van der Waals surface area contributed by atoms with Gasteiger partial charge in [-0.25, -0.2) is 14.0 Å². The molecule has 0 unspecified atom stereocenters. The van der Waals surface area contributed by atoms with E-state index in [1.54, 1.807) is 45.9 Å². The summed E-state index contributed by atoms with van der Waals surface area (Å²) in [6.45, 7) is 7.80. The lowest BCUT2D eigenvalue weighted by molar-refractivity contribution is 0.0509. The van der Waals surface area contributed by atoms with E-state index in [4.69, 9.17) is 9.47 Å². The van der Waals surface area contributed by atoms with Crippen LogP contribution in [-0.2, 0) is 15.9 Å². The molecule has 1 aromatic heterocycles. The Balaban J connectivity index is 1.86. The molecule has 2 N–H and O–H groups in total. The van der Waals surface area contributed by atoms with Crippen LogP contribution in [0.1, 0.15) is 50.2 Å². The molecule has 0 radical (unpaired) electrons. The summed E-state index contributed by atoms with van der Waals surface area (Å²) in [5, 5.41) is 3.56. The van der Waals surface area contributed by atoms with Crippen molar-refractivity contribution >= 4 is 23.0 Å². The number of amides is 1. The van der Waals surface area contributed by atoms with Gasteiger partial charge in [0.1, 0.15) is 17.1 Å². The smallest absolute Gasteiger partial charge is 0.407 e. The van der Waals surface area contributed by atoms with Crippen molar-refractivity contribution in [3.63, 3.8) is 0 Å². The van der Waals surface area contributed by atoms with Gasteiger partial charge in [-0.05, 0) is 69.9 Å². The standard InChI is InChI=1S/C25H29FN2O4/c1-5-31-23(29)22-18(10-8-14-27-24(30)32-25(2,3)4)19-15-16(12-13-21(19)28-22)17-9-6-7-11-20(17)26/h6-7,9,11-13,15,28H,5,8,10,14H2,1-4H3,(H,27,30). The van der Waals surface area contributed by atoms with Crippen LogP contribution in [0.3, 0.4) is 0 Å². The molecule has 0 aliphatic rings. The predicted octanol–water partition coefficient (Wildman–Crippen LogP) is 5.61. The lowest BCUT2D eigenvalue weighted by Crippen LogP contribution is -2.33. The lowest BCUT2D eigenvalue weighted by atomic mass is 9.99. The highest BCUT2D eigenvalue weighted by molar-refractivity contribution is 5.99. The lowest BCUT2D eigenvalue weighted by Gasteiger charge is -2.19. The molecule has 0 fully saturated rings. The fraction of sp³-hybridized carbons (Fsp3) is 0.360. The van der Waals surface area contributed by atoms with E-state index < -0.39 is 17.7 Å². The molecule has 0 saturated heterocycles. The number of hydrogen-bond donors (Lipinski definition) is 2. The van der Waals surface area contributed by atoms with Crippen LogP contribution in [0, 0.1) is 5.82 Å². The number of hydrogen-bond acceptors (Lipinski definition) is 4. The highest BCUT2D eigenvalue weighted by Gasteiger charge is 2.20. The van der Waals surface area contributed by atoms with Crippen molar-refractivity contribution in [1.82, 2.24) is 10.3 Å². The fourth-order valence-corrected chi connectivity index (χ4v) is 3.52. The van der Waals surface area contributed by atoms with Crippen LogP contribution in [0.15, 0.2) is 42.5 Å². The molecule has 1 heterocycles. The van der Waals surface area contributed by atoms with E-state index in [0.29, 0.717) is 30.6 Å². The van der Waals surface area contributed by atoms with E-state index in [-0.39, 0.29) is 12.4 Å². The Kier molecular flexibility index (Phi) is 7.18. The first-order valence-electron chi connectivity index (χ1n) is 10.7. The molecule has 2 aromatic carbocycles. The molecule has 170 valence electrons. The third kappa shape index (κ3) is 5.66. The van der Waals surface area contributed by atoms with Crippen molar-refractivity contribution in [3.8, 4) is 11.1 Å². The first kappa shape index (κ1) is 23.3. The number of aromatic nitrogens is 1. The number of rotatable bonds is 7. The zero-order chi connectivity index (χ0) is 23.3. The maximum Gasteiger partial charge on any atom is 0.407 e. The van der Waals surface area contributed by atoms with E-state index in [0.717, 1.165) is 22.0 Å². The Labute approximate surface area is 187 Å². The molecule has 0 saturated carbocycles. The summed E-state index contributed by atoms with van der Waals surface area (Å²) in [5.74, 6) is -0.748. The second-order valence-electron chi connectivity index (χ2n) is 8.47. The van der Waals surface area contributed by atoms with Crippen molar-refractivity contribution in [2.75, 3.05) is 13.2 Å². The Morgan fingerprint density at radius 3 is 2.56 bits per heavy atom. The van der Waals surface area contributed by atoms with E-state index >= 15 is 0 Å². The van der Waals surface area contributed by atoms with Crippen LogP contribution >= 0.6 is 0 Å². The van der Waals surface area contributed by atoms with Crippen LogP contribution in [0.5, 0.6) is 0 Å². The molecule has 0 aliphatic heterocycles. The van der Waals surface area contributed by atoms with Crippen molar-refractivity contribution in [3.05, 3.63) is 59.5 Å². The van der Waals surface area contributed by atoms with Crippen molar-refractivity contribution in [2.24, 2.45) is 0 Å². The van der Waals surface area contributed by atoms with Gasteiger partial charge in [0.2, 0.25) is 0 Å². The third-order valence-electron chi connectivity index (χ3n) is 4.84. The Morgan fingerprint density at radius 2 is 1.88 bits per heavy atom. The quantitative estimate of drug-likeness (QED) is 0.370. The van der Waals surface area contributed by atoms with Crippen molar-refractivity contribution in [1.29, 1.82) is 0 Å². The minimum Gasteiger partial charge on any atom is -0.461 e. The fourth-order valence-electron chi connectivity index (χ4n) is 3.52. The van der Waals surface area contributed by atoms with Gasteiger partial charge in [0.05, 0.1) is 6.61 Å². The van der Waals surface area contributed by atoms with Crippen LogP contribution in [0.4, 0.5) is 9.18 Å². The number of fused-ring (bicyclic) bond motifs is 1. The highest BCUT2D eigenvalue weighted by atomic mass is 19.1. The van der Waals surface area contributed by atoms with Gasteiger partial charge in [-0.2, -0.15) is 0 Å². The molecule has 7 heteroatoms. The summed E-state index contributed by atoms with van der Waals surface area (Å²) in [6, 6.07) is 12.1. The summed E-state index contributed by atoms with van der Waals surface area (Å²) in [6.07, 6.45) is 0.622. The average molecular weight is 441 g/mol. The average Bonchev–Trinajstić information content (AvgIpc) is 3.08. The SMILES string of the molecule is CCOC(=O)c1[nH]c2ccc(-c3ccccc3F)cc2c1CCCNC(=O)OC(C)(C)C. The van der Waals surface area contributed by atoms with Gasteiger partial charge in [-0.1, -0.05) is 24.3 Å². The monoisotopic (exact) mass is 440 g/mol. The van der Waals surface area contributed by atoms with Crippen molar-refractivity contribution < 1.29 is 23.5 Å². The van der Waals surface area contributed by atoms with E-state index in [1.165, 1.54) is 6.07 Å². The maximum atomic E-state index is 14.3. The number of aromatic amines is 1. The van der Waals surface area contributed by atoms with E-state index in [9.17, 15) is 14.0 Å². The molecule has 6 nitrogen and oxygen atoms in total. The number of nitrogens with one attached hydrogen (secondary N) is 2. The summed E-state index contributed by atoms with van der Waals surface area (Å²) < 4.78 is 24.8. The Morgan fingerprint density at radius 1 is 1.12 bits per heavy atom. The van der Waals surface area contributed by atoms with Gasteiger partial charge in [-0.15, -0.1) is 0 Å². The molecular formula is C25H29FN2O4. The maximum absolute atomic E-state index is 14.3. The minimum absolute atomic E-state index is 0.258. The van der Waals surface area contributed by atoms with Gasteiger partial charge in [0.15, 0.2) is 0 Å².